The third-order valence-corrected chi connectivity index (χ3v) is 6.81. The van der Waals surface area contributed by atoms with Crippen molar-refractivity contribution < 1.29 is 9.53 Å². The summed E-state index contributed by atoms with van der Waals surface area (Å²) in [6, 6.07) is 2.26. The monoisotopic (exact) mass is 450 g/mol. The predicted octanol–water partition coefficient (Wildman–Crippen LogP) is 4.71. The molecule has 4 rings (SSSR count). The lowest BCUT2D eigenvalue weighted by Gasteiger charge is -2.36. The van der Waals surface area contributed by atoms with Gasteiger partial charge in [-0.25, -0.2) is 0 Å². The summed E-state index contributed by atoms with van der Waals surface area (Å²) in [5, 5.41) is 2.92. The molecular formula is C27H38N4O2. The fourth-order valence-electron chi connectivity index (χ4n) is 4.79. The molecule has 1 fully saturated rings. The highest BCUT2D eigenvalue weighted by Crippen LogP contribution is 2.39. The van der Waals surface area contributed by atoms with Gasteiger partial charge >= 0.3 is 0 Å². The number of carbonyl (C=O) groups is 1. The molecule has 1 aromatic rings. The number of aromatic nitrogens is 1. The zero-order valence-electron chi connectivity index (χ0n) is 20.8. The average Bonchev–Trinajstić information content (AvgIpc) is 3.55. The van der Waals surface area contributed by atoms with Gasteiger partial charge in [0.25, 0.3) is 5.91 Å². The third-order valence-electron chi connectivity index (χ3n) is 6.81. The summed E-state index contributed by atoms with van der Waals surface area (Å²) in [7, 11) is 2.12. The number of nitrogens with one attached hydrogen (secondary N) is 1. The lowest BCUT2D eigenvalue weighted by molar-refractivity contribution is 0.0949. The fraction of sp³-hybridized carbons (Fsp3) is 0.556. The van der Waals surface area contributed by atoms with Gasteiger partial charge in [-0.2, -0.15) is 0 Å². The number of unbranched alkanes of at least 4 members (excludes halogenated alkanes) is 1. The molecule has 3 heterocycles. The Labute approximate surface area is 198 Å². The second kappa shape index (κ2) is 10.0. The lowest BCUT2D eigenvalue weighted by Crippen LogP contribution is -2.36. The molecule has 0 radical (unpaired) electrons. The van der Waals surface area contributed by atoms with E-state index < -0.39 is 0 Å². The standard InChI is InChI=1S/C27H38N4O2/c1-6-8-9-24-22-12-13-29-25(26(32)28-7-2)23(22)16-31(24)19(4)21-14-18(3)27(30(5)15-21)33-17-20-10-11-20/h9,12-14,19-20H,6-8,10-11,15-17H2,1-5H3,(H,28,32)/b24-9+. The van der Waals surface area contributed by atoms with Crippen LogP contribution in [0.4, 0.5) is 0 Å². The highest BCUT2D eigenvalue weighted by molar-refractivity contribution is 5.95. The SMILES string of the molecule is CCC/C=C1\c2ccnc(C(=O)NCC)c2CN1C(C)C1=CC(C)=C(OCC2CC2)N(C)C1. The molecule has 33 heavy (non-hydrogen) atoms. The Bertz CT molecular complexity index is 990. The summed E-state index contributed by atoms with van der Waals surface area (Å²) < 4.78 is 6.16. The van der Waals surface area contributed by atoms with E-state index in [2.05, 4.69) is 66.1 Å². The van der Waals surface area contributed by atoms with Gasteiger partial charge in [0.15, 0.2) is 5.88 Å². The molecule has 1 aliphatic carbocycles. The maximum Gasteiger partial charge on any atom is 0.270 e. The summed E-state index contributed by atoms with van der Waals surface area (Å²) in [4.78, 5) is 21.8. The summed E-state index contributed by atoms with van der Waals surface area (Å²) >= 11 is 0. The topological polar surface area (TPSA) is 57.7 Å². The molecule has 1 amide bonds. The van der Waals surface area contributed by atoms with Crippen molar-refractivity contribution in [3.8, 4) is 0 Å². The van der Waals surface area contributed by atoms with E-state index in [4.69, 9.17) is 4.74 Å². The quantitative estimate of drug-likeness (QED) is 0.591. The van der Waals surface area contributed by atoms with E-state index in [0.717, 1.165) is 48.9 Å². The minimum absolute atomic E-state index is 0.0912. The van der Waals surface area contributed by atoms with Gasteiger partial charge in [0.05, 0.1) is 6.61 Å². The van der Waals surface area contributed by atoms with E-state index in [9.17, 15) is 4.79 Å². The largest absolute Gasteiger partial charge is 0.479 e. The average molecular weight is 451 g/mol. The number of hydrogen-bond donors (Lipinski definition) is 1. The molecule has 2 aliphatic heterocycles. The number of allylic oxidation sites excluding steroid dienone is 3. The third kappa shape index (κ3) is 4.94. The Hall–Kier alpha value is -2.76. The Morgan fingerprint density at radius 2 is 2.12 bits per heavy atom. The van der Waals surface area contributed by atoms with Gasteiger partial charge in [-0.15, -0.1) is 0 Å². The Morgan fingerprint density at radius 1 is 1.33 bits per heavy atom. The van der Waals surface area contributed by atoms with Gasteiger partial charge in [0.2, 0.25) is 0 Å². The maximum absolute atomic E-state index is 12.7. The van der Waals surface area contributed by atoms with Crippen molar-refractivity contribution >= 4 is 11.6 Å². The van der Waals surface area contributed by atoms with Gasteiger partial charge in [0, 0.05) is 61.3 Å². The van der Waals surface area contributed by atoms with Crippen molar-refractivity contribution in [3.63, 3.8) is 0 Å². The lowest BCUT2D eigenvalue weighted by atomic mass is 10.0. The van der Waals surface area contributed by atoms with E-state index in [0.29, 0.717) is 18.8 Å². The first kappa shape index (κ1) is 23.4. The van der Waals surface area contributed by atoms with Crippen LogP contribution in [-0.2, 0) is 11.3 Å². The van der Waals surface area contributed by atoms with Crippen molar-refractivity contribution in [1.82, 2.24) is 20.1 Å². The molecule has 6 heteroatoms. The number of amides is 1. The summed E-state index contributed by atoms with van der Waals surface area (Å²) in [5.41, 5.74) is 6.48. The van der Waals surface area contributed by atoms with E-state index in [1.54, 1.807) is 6.20 Å². The highest BCUT2D eigenvalue weighted by Gasteiger charge is 2.34. The number of likely N-dealkylation sites (N-methyl/N-ethyl adjacent to an activating group) is 1. The first-order valence-corrected chi connectivity index (χ1v) is 12.4. The van der Waals surface area contributed by atoms with Crippen LogP contribution in [0.5, 0.6) is 0 Å². The van der Waals surface area contributed by atoms with Crippen LogP contribution >= 0.6 is 0 Å². The van der Waals surface area contributed by atoms with Crippen LogP contribution in [0.2, 0.25) is 0 Å². The maximum atomic E-state index is 12.7. The van der Waals surface area contributed by atoms with E-state index in [-0.39, 0.29) is 11.9 Å². The molecule has 1 saturated carbocycles. The molecule has 1 atom stereocenters. The van der Waals surface area contributed by atoms with Crippen LogP contribution in [0.15, 0.2) is 41.4 Å². The number of hydrogen-bond acceptors (Lipinski definition) is 5. The Morgan fingerprint density at radius 3 is 2.79 bits per heavy atom. The van der Waals surface area contributed by atoms with Gasteiger partial charge in [-0.05, 0) is 57.6 Å². The zero-order chi connectivity index (χ0) is 23.5. The Kier molecular flexibility index (Phi) is 7.11. The molecule has 0 aromatic carbocycles. The number of pyridine rings is 1. The second-order valence-electron chi connectivity index (χ2n) is 9.54. The highest BCUT2D eigenvalue weighted by atomic mass is 16.5. The number of ether oxygens (including phenoxy) is 1. The van der Waals surface area contributed by atoms with Crippen LogP contribution in [0, 0.1) is 5.92 Å². The molecule has 0 saturated heterocycles. The summed E-state index contributed by atoms with van der Waals surface area (Å²) in [5.74, 6) is 1.66. The van der Waals surface area contributed by atoms with E-state index >= 15 is 0 Å². The number of nitrogens with zero attached hydrogens (tertiary/aromatic N) is 3. The smallest absolute Gasteiger partial charge is 0.270 e. The number of rotatable bonds is 9. The van der Waals surface area contributed by atoms with E-state index in [1.807, 2.05) is 6.92 Å². The normalized spacial score (nSPS) is 20.2. The van der Waals surface area contributed by atoms with Gasteiger partial charge in [-0.1, -0.05) is 25.5 Å². The molecule has 178 valence electrons. The fourth-order valence-corrected chi connectivity index (χ4v) is 4.79. The second-order valence-corrected chi connectivity index (χ2v) is 9.54. The predicted molar refractivity (Wildman–Crippen MR) is 132 cm³/mol. The molecule has 0 spiro atoms. The molecule has 6 nitrogen and oxygen atoms in total. The van der Waals surface area contributed by atoms with Crippen molar-refractivity contribution in [3.05, 3.63) is 58.3 Å². The van der Waals surface area contributed by atoms with Crippen LogP contribution < -0.4 is 5.32 Å². The minimum Gasteiger partial charge on any atom is -0.479 e. The zero-order valence-corrected chi connectivity index (χ0v) is 20.8. The number of carbonyl (C=O) groups excluding carboxylic acids is 1. The first-order chi connectivity index (χ1) is 15.9. The van der Waals surface area contributed by atoms with Crippen LogP contribution in [-0.4, -0.2) is 53.5 Å². The minimum atomic E-state index is -0.0912. The molecule has 1 unspecified atom stereocenters. The van der Waals surface area contributed by atoms with Crippen LogP contribution in [0.1, 0.15) is 75.0 Å². The molecular weight excluding hydrogens is 412 g/mol. The van der Waals surface area contributed by atoms with Crippen molar-refractivity contribution in [2.45, 2.75) is 66.0 Å². The van der Waals surface area contributed by atoms with Crippen molar-refractivity contribution in [1.29, 1.82) is 0 Å². The van der Waals surface area contributed by atoms with Gasteiger partial charge in [0.1, 0.15) is 5.69 Å². The van der Waals surface area contributed by atoms with Crippen LogP contribution in [0.25, 0.3) is 5.70 Å². The summed E-state index contributed by atoms with van der Waals surface area (Å²) in [6.45, 7) is 11.5. The van der Waals surface area contributed by atoms with Crippen molar-refractivity contribution in [2.24, 2.45) is 5.92 Å². The van der Waals surface area contributed by atoms with Gasteiger partial charge < -0.3 is 19.9 Å². The van der Waals surface area contributed by atoms with E-state index in [1.165, 1.54) is 29.7 Å². The van der Waals surface area contributed by atoms with Crippen LogP contribution in [0.3, 0.4) is 0 Å². The molecule has 3 aliphatic rings. The number of fused-ring (bicyclic) bond motifs is 1. The van der Waals surface area contributed by atoms with Gasteiger partial charge in [-0.3, -0.25) is 9.78 Å². The first-order valence-electron chi connectivity index (χ1n) is 12.4. The molecule has 1 aromatic heterocycles. The van der Waals surface area contributed by atoms with Crippen molar-refractivity contribution in [2.75, 3.05) is 26.7 Å². The summed E-state index contributed by atoms with van der Waals surface area (Å²) in [6.07, 6.45) is 11.1. The Balaban J connectivity index is 1.62. The molecule has 1 N–H and O–H groups in total. The molecule has 0 bridgehead atoms.